The summed E-state index contributed by atoms with van der Waals surface area (Å²) in [5.41, 5.74) is 8.54. The molecule has 2 N–H and O–H groups in total. The van der Waals surface area contributed by atoms with Crippen LogP contribution in [0, 0.1) is 0 Å². The molecule has 0 bridgehead atoms. The number of ether oxygens (including phenoxy) is 2. The number of fused-ring (bicyclic) bond motifs is 3. The highest BCUT2D eigenvalue weighted by Gasteiger charge is 2.17. The van der Waals surface area contributed by atoms with Crippen molar-refractivity contribution in [2.24, 2.45) is 0 Å². The summed E-state index contributed by atoms with van der Waals surface area (Å²) in [6.07, 6.45) is 4.98. The lowest BCUT2D eigenvalue weighted by molar-refractivity contribution is -0.145. The second-order valence-electron chi connectivity index (χ2n) is 7.56. The summed E-state index contributed by atoms with van der Waals surface area (Å²) >= 11 is 0. The minimum atomic E-state index is -0.382. The summed E-state index contributed by atoms with van der Waals surface area (Å²) < 4.78 is 19.0. The van der Waals surface area contributed by atoms with Gasteiger partial charge in [0.15, 0.2) is 23.7 Å². The number of rotatable bonds is 9. The Bertz CT molecular complexity index is 1420. The molecule has 0 spiro atoms. The van der Waals surface area contributed by atoms with E-state index in [1.165, 1.54) is 4.52 Å². The van der Waals surface area contributed by atoms with Crippen LogP contribution in [0.15, 0.2) is 53.3 Å². The number of carbonyl (C=O) groups excluding carboxylic acids is 1. The highest BCUT2D eigenvalue weighted by atomic mass is 16.6. The zero-order valence-corrected chi connectivity index (χ0v) is 18.5. The zero-order valence-electron chi connectivity index (χ0n) is 18.5. The molecule has 174 valence electrons. The lowest BCUT2D eigenvalue weighted by atomic mass is 10.1. The van der Waals surface area contributed by atoms with E-state index >= 15 is 0 Å². The topological polar surface area (TPSA) is 136 Å². The molecule has 1 aromatic carbocycles. The molecule has 34 heavy (non-hydrogen) atoms. The van der Waals surface area contributed by atoms with E-state index in [-0.39, 0.29) is 18.5 Å². The summed E-state index contributed by atoms with van der Waals surface area (Å²) in [5.74, 6) is 1.47. The molecule has 0 saturated heterocycles. The Kier molecular flexibility index (Phi) is 5.81. The maximum atomic E-state index is 11.4. The smallest absolute Gasteiger partial charge is 0.344 e. The highest BCUT2D eigenvalue weighted by molar-refractivity contribution is 5.90. The van der Waals surface area contributed by atoms with E-state index in [0.29, 0.717) is 41.8 Å². The Labute approximate surface area is 194 Å². The molecule has 4 heterocycles. The summed E-state index contributed by atoms with van der Waals surface area (Å²) in [4.78, 5) is 20.5. The fraction of sp³-hybridized carbons (Fsp3) is 0.261. The van der Waals surface area contributed by atoms with E-state index in [4.69, 9.17) is 19.6 Å². The molecule has 5 aromatic rings. The largest absolute Gasteiger partial charge is 0.482 e. The minimum Gasteiger partial charge on any atom is -0.482 e. The van der Waals surface area contributed by atoms with Gasteiger partial charge in [-0.25, -0.2) is 14.5 Å². The van der Waals surface area contributed by atoms with Crippen LogP contribution in [0.1, 0.15) is 18.9 Å². The average molecular weight is 461 g/mol. The summed E-state index contributed by atoms with van der Waals surface area (Å²) in [6.45, 7) is 2.66. The predicted molar refractivity (Wildman–Crippen MR) is 123 cm³/mol. The lowest BCUT2D eigenvalue weighted by Crippen LogP contribution is -2.14. The molecular formula is C23H23N7O4. The first-order valence-corrected chi connectivity index (χ1v) is 10.9. The van der Waals surface area contributed by atoms with Gasteiger partial charge in [-0.3, -0.25) is 0 Å². The van der Waals surface area contributed by atoms with Crippen molar-refractivity contribution in [3.8, 4) is 17.3 Å². The average Bonchev–Trinajstić information content (AvgIpc) is 3.59. The van der Waals surface area contributed by atoms with Crippen molar-refractivity contribution in [2.45, 2.75) is 26.3 Å². The number of anilines is 1. The Morgan fingerprint density at radius 3 is 2.76 bits per heavy atom. The van der Waals surface area contributed by atoms with E-state index < -0.39 is 0 Å². The second-order valence-corrected chi connectivity index (χ2v) is 7.56. The molecule has 0 atom stereocenters. The fourth-order valence-electron chi connectivity index (χ4n) is 3.66. The van der Waals surface area contributed by atoms with Gasteiger partial charge in [-0.1, -0.05) is 12.1 Å². The molecular weight excluding hydrogens is 438 g/mol. The Morgan fingerprint density at radius 1 is 1.15 bits per heavy atom. The summed E-state index contributed by atoms with van der Waals surface area (Å²) in [7, 11) is 0. The van der Waals surface area contributed by atoms with Crippen molar-refractivity contribution in [3.63, 3.8) is 0 Å². The molecule has 0 aliphatic heterocycles. The predicted octanol–water partition coefficient (Wildman–Crippen LogP) is 2.89. The van der Waals surface area contributed by atoms with Gasteiger partial charge in [-0.15, -0.1) is 5.10 Å². The molecule has 0 radical (unpaired) electrons. The molecule has 11 heteroatoms. The van der Waals surface area contributed by atoms with E-state index in [1.54, 1.807) is 31.5 Å². The number of benzene rings is 1. The minimum absolute atomic E-state index is 0.0992. The Hall–Kier alpha value is -4.41. The number of esters is 1. The van der Waals surface area contributed by atoms with Gasteiger partial charge in [0.1, 0.15) is 5.75 Å². The number of aryl methyl sites for hydroxylation is 2. The van der Waals surface area contributed by atoms with Crippen molar-refractivity contribution in [1.82, 2.24) is 29.4 Å². The van der Waals surface area contributed by atoms with E-state index in [0.717, 1.165) is 23.8 Å². The normalized spacial score (nSPS) is 11.3. The van der Waals surface area contributed by atoms with Crippen LogP contribution in [0.3, 0.4) is 0 Å². The number of hydrogen-bond acceptors (Lipinski definition) is 9. The molecule has 4 aromatic heterocycles. The van der Waals surface area contributed by atoms with Crippen molar-refractivity contribution in [2.75, 3.05) is 18.9 Å². The van der Waals surface area contributed by atoms with Crippen LogP contribution in [0.25, 0.3) is 28.3 Å². The molecule has 0 amide bonds. The van der Waals surface area contributed by atoms with Crippen molar-refractivity contribution < 1.29 is 18.7 Å². The molecule has 0 fully saturated rings. The quantitative estimate of drug-likeness (QED) is 0.329. The van der Waals surface area contributed by atoms with Gasteiger partial charge in [-0.2, -0.15) is 14.6 Å². The van der Waals surface area contributed by atoms with E-state index in [9.17, 15) is 4.79 Å². The van der Waals surface area contributed by atoms with Crippen LogP contribution < -0.4 is 10.5 Å². The summed E-state index contributed by atoms with van der Waals surface area (Å²) in [6, 6.07) is 11.2. The van der Waals surface area contributed by atoms with Gasteiger partial charge in [-0.05, 0) is 49.6 Å². The van der Waals surface area contributed by atoms with Gasteiger partial charge >= 0.3 is 5.97 Å². The number of furan rings is 1. The van der Waals surface area contributed by atoms with Crippen LogP contribution in [0.2, 0.25) is 0 Å². The van der Waals surface area contributed by atoms with Crippen LogP contribution in [-0.2, 0) is 22.5 Å². The van der Waals surface area contributed by atoms with Crippen LogP contribution >= 0.6 is 0 Å². The highest BCUT2D eigenvalue weighted by Crippen LogP contribution is 2.23. The van der Waals surface area contributed by atoms with Gasteiger partial charge in [0, 0.05) is 6.54 Å². The van der Waals surface area contributed by atoms with Gasteiger partial charge in [0.05, 0.1) is 24.5 Å². The maximum Gasteiger partial charge on any atom is 0.344 e. The second kappa shape index (κ2) is 9.22. The number of aromatic nitrogens is 6. The molecule has 0 aliphatic rings. The number of nitrogens with zero attached hydrogens (tertiary/aromatic N) is 6. The fourth-order valence-corrected chi connectivity index (χ4v) is 3.66. The van der Waals surface area contributed by atoms with Crippen LogP contribution in [-0.4, -0.2) is 48.5 Å². The van der Waals surface area contributed by atoms with E-state index in [1.807, 2.05) is 28.9 Å². The third-order valence-corrected chi connectivity index (χ3v) is 5.26. The zero-order chi connectivity index (χ0) is 23.5. The van der Waals surface area contributed by atoms with Gasteiger partial charge in [0.25, 0.3) is 0 Å². The Balaban J connectivity index is 1.25. The maximum absolute atomic E-state index is 11.4. The number of hydrogen-bond donors (Lipinski definition) is 1. The summed E-state index contributed by atoms with van der Waals surface area (Å²) in [5, 5.41) is 9.66. The number of carbonyl (C=O) groups is 1. The third-order valence-electron chi connectivity index (χ3n) is 5.26. The lowest BCUT2D eigenvalue weighted by Gasteiger charge is -2.07. The number of nitrogens with two attached hydrogens (primary N) is 1. The molecule has 0 aliphatic carbocycles. The van der Waals surface area contributed by atoms with Crippen LogP contribution in [0.4, 0.5) is 5.95 Å². The van der Waals surface area contributed by atoms with Gasteiger partial charge < -0.3 is 19.6 Å². The first-order valence-electron chi connectivity index (χ1n) is 10.9. The standard InChI is InChI=1S/C23H23N7O4/c1-2-32-19(31)14-34-16-9-7-15(8-10-16)5-3-11-29-21-17(13-25-29)22-26-20(18-6-4-12-33-18)28-30(22)23(24)27-21/h4,6-10,12-13H,2-3,5,11,14H2,1H3,(H2,24,27). The first kappa shape index (κ1) is 21.4. The van der Waals surface area contributed by atoms with E-state index in [2.05, 4.69) is 20.2 Å². The van der Waals surface area contributed by atoms with Crippen molar-refractivity contribution in [3.05, 3.63) is 54.4 Å². The van der Waals surface area contributed by atoms with Crippen molar-refractivity contribution >= 4 is 28.6 Å². The molecule has 11 nitrogen and oxygen atoms in total. The van der Waals surface area contributed by atoms with Crippen molar-refractivity contribution in [1.29, 1.82) is 0 Å². The van der Waals surface area contributed by atoms with Crippen LogP contribution in [0.5, 0.6) is 5.75 Å². The first-order chi connectivity index (χ1) is 16.6. The Morgan fingerprint density at radius 2 is 2.00 bits per heavy atom. The SMILES string of the molecule is CCOC(=O)COc1ccc(CCCn2ncc3c2nc(N)n2nc(-c4ccco4)nc32)cc1. The number of nitrogen functional groups attached to an aromatic ring is 1. The molecule has 0 unspecified atom stereocenters. The van der Waals surface area contributed by atoms with Gasteiger partial charge in [0.2, 0.25) is 11.8 Å². The molecule has 0 saturated carbocycles. The monoisotopic (exact) mass is 461 g/mol. The third kappa shape index (κ3) is 4.27. The molecule has 5 rings (SSSR count).